The van der Waals surface area contributed by atoms with Crippen LogP contribution in [0.1, 0.15) is 22.9 Å². The van der Waals surface area contributed by atoms with Crippen LogP contribution >= 0.6 is 11.3 Å². The fourth-order valence-corrected chi connectivity index (χ4v) is 4.84. The highest BCUT2D eigenvalue weighted by atomic mass is 32.1. The van der Waals surface area contributed by atoms with Crippen molar-refractivity contribution in [3.05, 3.63) is 65.3 Å². The van der Waals surface area contributed by atoms with Crippen molar-refractivity contribution in [2.45, 2.75) is 18.9 Å². The summed E-state index contributed by atoms with van der Waals surface area (Å²) in [6, 6.07) is 17.0. The van der Waals surface area contributed by atoms with Gasteiger partial charge in [0.2, 0.25) is 0 Å². The van der Waals surface area contributed by atoms with Crippen LogP contribution in [0.15, 0.2) is 54.7 Å². The first kappa shape index (κ1) is 14.2. The van der Waals surface area contributed by atoms with E-state index < -0.39 is 0 Å². The van der Waals surface area contributed by atoms with Crippen molar-refractivity contribution in [1.29, 1.82) is 0 Å². The molecular weight excluding hydrogens is 314 g/mol. The first-order valence-electron chi connectivity index (χ1n) is 8.49. The third-order valence-electron chi connectivity index (χ3n) is 5.00. The Hall–Kier alpha value is -2.17. The normalized spacial score (nSPS) is 18.8. The molecule has 3 heterocycles. The number of H-pyrrole nitrogens is 1. The van der Waals surface area contributed by atoms with Crippen molar-refractivity contribution in [2.24, 2.45) is 0 Å². The minimum absolute atomic E-state index is 0.576. The molecule has 1 aliphatic rings. The summed E-state index contributed by atoms with van der Waals surface area (Å²) in [7, 11) is 0. The van der Waals surface area contributed by atoms with Gasteiger partial charge in [-0.05, 0) is 36.7 Å². The van der Waals surface area contributed by atoms with Gasteiger partial charge in [-0.25, -0.2) is 4.98 Å². The van der Waals surface area contributed by atoms with Crippen molar-refractivity contribution in [2.75, 3.05) is 13.1 Å². The zero-order valence-electron chi connectivity index (χ0n) is 13.4. The number of aromatic amines is 1. The van der Waals surface area contributed by atoms with Crippen molar-refractivity contribution < 1.29 is 0 Å². The number of rotatable bonds is 3. The summed E-state index contributed by atoms with van der Waals surface area (Å²) in [5.74, 6) is 0.576. The standard InChI is InChI=1S/C20H19N3S/c1-2-6-17-16(5-1)15(11-21-17)13-23-10-9-14(12-23)20-22-18-7-3-4-8-19(18)24-20/h1-8,11,14,21H,9-10,12-13H2. The van der Waals surface area contributed by atoms with Crippen molar-refractivity contribution in [3.8, 4) is 0 Å². The number of fused-ring (bicyclic) bond motifs is 2. The predicted octanol–water partition coefficient (Wildman–Crippen LogP) is 4.77. The molecule has 5 rings (SSSR count). The molecule has 0 spiro atoms. The van der Waals surface area contributed by atoms with E-state index in [0.29, 0.717) is 5.92 Å². The Labute approximate surface area is 144 Å². The highest BCUT2D eigenvalue weighted by Crippen LogP contribution is 2.34. The molecule has 4 aromatic rings. The third kappa shape index (κ3) is 2.43. The van der Waals surface area contributed by atoms with E-state index in [0.717, 1.165) is 25.2 Å². The van der Waals surface area contributed by atoms with E-state index in [-0.39, 0.29) is 0 Å². The second-order valence-electron chi connectivity index (χ2n) is 6.60. The summed E-state index contributed by atoms with van der Waals surface area (Å²) < 4.78 is 1.31. The van der Waals surface area contributed by atoms with E-state index in [4.69, 9.17) is 4.98 Å². The van der Waals surface area contributed by atoms with Crippen LogP contribution < -0.4 is 0 Å². The fraction of sp³-hybridized carbons (Fsp3) is 0.250. The second-order valence-corrected chi connectivity index (χ2v) is 7.66. The maximum atomic E-state index is 4.86. The summed E-state index contributed by atoms with van der Waals surface area (Å²) in [5, 5.41) is 2.65. The van der Waals surface area contributed by atoms with Gasteiger partial charge in [0.15, 0.2) is 0 Å². The first-order chi connectivity index (χ1) is 11.9. The van der Waals surface area contributed by atoms with Gasteiger partial charge < -0.3 is 4.98 Å². The molecule has 24 heavy (non-hydrogen) atoms. The Bertz CT molecular complexity index is 967. The second kappa shape index (κ2) is 5.72. The van der Waals surface area contributed by atoms with E-state index in [1.165, 1.54) is 32.6 Å². The lowest BCUT2D eigenvalue weighted by Crippen LogP contribution is -2.19. The number of nitrogens with one attached hydrogen (secondary N) is 1. The quantitative estimate of drug-likeness (QED) is 0.586. The molecule has 1 atom stereocenters. The molecule has 1 saturated heterocycles. The molecule has 1 fully saturated rings. The largest absolute Gasteiger partial charge is 0.361 e. The topological polar surface area (TPSA) is 31.9 Å². The molecule has 4 heteroatoms. The van der Waals surface area contributed by atoms with E-state index in [1.807, 2.05) is 11.3 Å². The van der Waals surface area contributed by atoms with Crippen LogP contribution in [-0.4, -0.2) is 28.0 Å². The van der Waals surface area contributed by atoms with Crippen LogP contribution in [0.25, 0.3) is 21.1 Å². The smallest absolute Gasteiger partial charge is 0.0982 e. The zero-order valence-corrected chi connectivity index (χ0v) is 14.2. The van der Waals surface area contributed by atoms with Gasteiger partial charge in [0.1, 0.15) is 0 Å². The van der Waals surface area contributed by atoms with Crippen LogP contribution in [-0.2, 0) is 6.54 Å². The van der Waals surface area contributed by atoms with E-state index in [2.05, 4.69) is 64.6 Å². The Morgan fingerprint density at radius 1 is 1.12 bits per heavy atom. The Kier molecular flexibility index (Phi) is 3.39. The molecule has 2 aromatic carbocycles. The van der Waals surface area contributed by atoms with Crippen LogP contribution in [0.5, 0.6) is 0 Å². The number of hydrogen-bond acceptors (Lipinski definition) is 3. The van der Waals surface area contributed by atoms with Crippen LogP contribution in [0, 0.1) is 0 Å². The predicted molar refractivity (Wildman–Crippen MR) is 101 cm³/mol. The van der Waals surface area contributed by atoms with Gasteiger partial charge in [-0.2, -0.15) is 0 Å². The number of thiazole rings is 1. The van der Waals surface area contributed by atoms with Gasteiger partial charge in [-0.1, -0.05) is 30.3 Å². The van der Waals surface area contributed by atoms with Gasteiger partial charge in [0.25, 0.3) is 0 Å². The zero-order chi connectivity index (χ0) is 15.9. The Morgan fingerprint density at radius 2 is 2.00 bits per heavy atom. The van der Waals surface area contributed by atoms with E-state index >= 15 is 0 Å². The van der Waals surface area contributed by atoms with Crippen molar-refractivity contribution in [1.82, 2.24) is 14.9 Å². The molecule has 1 unspecified atom stereocenters. The highest BCUT2D eigenvalue weighted by molar-refractivity contribution is 7.18. The first-order valence-corrected chi connectivity index (χ1v) is 9.31. The lowest BCUT2D eigenvalue weighted by atomic mass is 10.1. The average Bonchev–Trinajstić information content (AvgIpc) is 3.33. The summed E-state index contributed by atoms with van der Waals surface area (Å²) >= 11 is 1.86. The van der Waals surface area contributed by atoms with Crippen molar-refractivity contribution >= 4 is 32.5 Å². The summed E-state index contributed by atoms with van der Waals surface area (Å²) in [4.78, 5) is 10.8. The van der Waals surface area contributed by atoms with Crippen LogP contribution in [0.4, 0.5) is 0 Å². The van der Waals surface area contributed by atoms with Crippen LogP contribution in [0.2, 0.25) is 0 Å². The van der Waals surface area contributed by atoms with Gasteiger partial charge >= 0.3 is 0 Å². The molecule has 0 amide bonds. The fourth-order valence-electron chi connectivity index (χ4n) is 3.75. The van der Waals surface area contributed by atoms with Crippen LogP contribution in [0.3, 0.4) is 0 Å². The maximum Gasteiger partial charge on any atom is 0.0982 e. The lowest BCUT2D eigenvalue weighted by molar-refractivity contribution is 0.328. The van der Waals surface area contributed by atoms with Gasteiger partial charge in [-0.15, -0.1) is 11.3 Å². The number of aromatic nitrogens is 2. The molecule has 0 aliphatic carbocycles. The number of benzene rings is 2. The lowest BCUT2D eigenvalue weighted by Gasteiger charge is -2.14. The Balaban J connectivity index is 1.35. The monoisotopic (exact) mass is 333 g/mol. The molecule has 0 radical (unpaired) electrons. The van der Waals surface area contributed by atoms with Crippen molar-refractivity contribution in [3.63, 3.8) is 0 Å². The van der Waals surface area contributed by atoms with Gasteiger partial charge in [0, 0.05) is 36.1 Å². The van der Waals surface area contributed by atoms with Gasteiger partial charge in [0.05, 0.1) is 15.2 Å². The highest BCUT2D eigenvalue weighted by Gasteiger charge is 2.26. The minimum atomic E-state index is 0.576. The van der Waals surface area contributed by atoms with Gasteiger partial charge in [-0.3, -0.25) is 4.90 Å². The number of hydrogen-bond donors (Lipinski definition) is 1. The van der Waals surface area contributed by atoms with E-state index in [1.54, 1.807) is 0 Å². The minimum Gasteiger partial charge on any atom is -0.361 e. The molecule has 0 bridgehead atoms. The summed E-state index contributed by atoms with van der Waals surface area (Å²) in [6.45, 7) is 3.28. The summed E-state index contributed by atoms with van der Waals surface area (Å²) in [5.41, 5.74) is 3.78. The molecule has 0 saturated carbocycles. The number of para-hydroxylation sites is 2. The summed E-state index contributed by atoms with van der Waals surface area (Å²) in [6.07, 6.45) is 3.37. The average molecular weight is 333 g/mol. The maximum absolute atomic E-state index is 4.86. The molecule has 2 aromatic heterocycles. The number of likely N-dealkylation sites (tertiary alicyclic amines) is 1. The third-order valence-corrected chi connectivity index (χ3v) is 6.20. The SMILES string of the molecule is c1ccc2sc(C3CCN(Cc4c[nH]c5ccccc45)C3)nc2c1. The molecule has 120 valence electrons. The molecule has 1 N–H and O–H groups in total. The molecule has 1 aliphatic heterocycles. The van der Waals surface area contributed by atoms with E-state index in [9.17, 15) is 0 Å². The molecule has 3 nitrogen and oxygen atoms in total. The Morgan fingerprint density at radius 3 is 2.96 bits per heavy atom. The molecular formula is C20H19N3S. The number of nitrogens with zero attached hydrogens (tertiary/aromatic N) is 2.